The summed E-state index contributed by atoms with van der Waals surface area (Å²) >= 11 is 2.07. The summed E-state index contributed by atoms with van der Waals surface area (Å²) in [6.07, 6.45) is 2.87. The lowest BCUT2D eigenvalue weighted by atomic mass is 9.81. The number of carboxylic acid groups (broad SMARTS) is 2. The maximum absolute atomic E-state index is 11.7. The standard InChI is InChI=1S/C14H14IN3O5/c1-7(19)18-6-14(12(20)21,13(22)23)4-8-5-17-11-10(8)9(15)2-3-16-11/h2-3,5H,4,6H2,1H3,(H,16,17)(H,18,19)(H,20,21)(H,22,23). The molecular formula is C14H14IN3O5. The van der Waals surface area contributed by atoms with E-state index in [9.17, 15) is 24.6 Å². The number of H-pyrrole nitrogens is 1. The number of aromatic nitrogens is 2. The van der Waals surface area contributed by atoms with Crippen LogP contribution in [0.5, 0.6) is 0 Å². The predicted octanol–water partition coefficient (Wildman–Crippen LogP) is 1.00. The summed E-state index contributed by atoms with van der Waals surface area (Å²) < 4.78 is 0.827. The van der Waals surface area contributed by atoms with Crippen LogP contribution in [0.2, 0.25) is 0 Å². The van der Waals surface area contributed by atoms with E-state index < -0.39 is 29.8 Å². The molecule has 0 aromatic carbocycles. The molecule has 0 fully saturated rings. The number of hydrogen-bond donors (Lipinski definition) is 4. The molecule has 0 aliphatic heterocycles. The molecule has 0 radical (unpaired) electrons. The van der Waals surface area contributed by atoms with E-state index in [1.165, 1.54) is 6.92 Å². The van der Waals surface area contributed by atoms with E-state index >= 15 is 0 Å². The molecule has 0 saturated carbocycles. The molecule has 8 nitrogen and oxygen atoms in total. The van der Waals surface area contributed by atoms with Crippen molar-refractivity contribution in [2.75, 3.05) is 6.54 Å². The van der Waals surface area contributed by atoms with Crippen molar-refractivity contribution in [1.82, 2.24) is 15.3 Å². The van der Waals surface area contributed by atoms with Crippen molar-refractivity contribution in [2.45, 2.75) is 13.3 Å². The van der Waals surface area contributed by atoms with E-state index in [2.05, 4.69) is 37.9 Å². The molecule has 1 amide bonds. The number of halogens is 1. The molecule has 0 aliphatic carbocycles. The Bertz CT molecular complexity index is 772. The molecule has 2 aromatic heterocycles. The van der Waals surface area contributed by atoms with E-state index in [0.29, 0.717) is 16.6 Å². The van der Waals surface area contributed by atoms with E-state index in [1.807, 2.05) is 0 Å². The van der Waals surface area contributed by atoms with Crippen LogP contribution in [0.1, 0.15) is 12.5 Å². The summed E-state index contributed by atoms with van der Waals surface area (Å²) in [6, 6.07) is 1.75. The normalized spacial score (nSPS) is 11.4. The number of aliphatic carboxylic acids is 2. The minimum absolute atomic E-state index is 0.278. The van der Waals surface area contributed by atoms with Crippen LogP contribution in [0, 0.1) is 8.99 Å². The zero-order valence-corrected chi connectivity index (χ0v) is 14.2. The molecule has 4 N–H and O–H groups in total. The first-order valence-electron chi connectivity index (χ1n) is 6.59. The van der Waals surface area contributed by atoms with E-state index in [1.54, 1.807) is 18.5 Å². The lowest BCUT2D eigenvalue weighted by Gasteiger charge is -2.24. The quantitative estimate of drug-likeness (QED) is 0.399. The van der Waals surface area contributed by atoms with Gasteiger partial charge in [-0.05, 0) is 34.2 Å². The molecule has 122 valence electrons. The summed E-state index contributed by atoms with van der Waals surface area (Å²) in [4.78, 5) is 41.5. The number of hydrogen-bond acceptors (Lipinski definition) is 4. The van der Waals surface area contributed by atoms with Crippen molar-refractivity contribution < 1.29 is 24.6 Å². The number of nitrogens with one attached hydrogen (secondary N) is 2. The number of pyridine rings is 1. The molecule has 0 atom stereocenters. The first-order valence-corrected chi connectivity index (χ1v) is 7.67. The molecule has 0 bridgehead atoms. The molecule has 0 unspecified atom stereocenters. The van der Waals surface area contributed by atoms with Gasteiger partial charge in [-0.25, -0.2) is 4.98 Å². The summed E-state index contributed by atoms with van der Waals surface area (Å²) in [5.41, 5.74) is -1.08. The van der Waals surface area contributed by atoms with E-state index in [0.717, 1.165) is 3.57 Å². The highest BCUT2D eigenvalue weighted by Gasteiger charge is 2.47. The van der Waals surface area contributed by atoms with Gasteiger partial charge in [-0.3, -0.25) is 14.4 Å². The van der Waals surface area contributed by atoms with Gasteiger partial charge >= 0.3 is 11.9 Å². The fourth-order valence-electron chi connectivity index (χ4n) is 2.28. The number of carbonyl (C=O) groups is 3. The maximum Gasteiger partial charge on any atom is 0.323 e. The number of fused-ring (bicyclic) bond motifs is 1. The van der Waals surface area contributed by atoms with E-state index in [-0.39, 0.29) is 6.42 Å². The summed E-state index contributed by atoms with van der Waals surface area (Å²) in [7, 11) is 0. The Morgan fingerprint density at radius 1 is 1.35 bits per heavy atom. The Morgan fingerprint density at radius 3 is 2.57 bits per heavy atom. The molecule has 0 aliphatic rings. The first-order chi connectivity index (χ1) is 10.8. The number of aromatic amines is 1. The average Bonchev–Trinajstić information content (AvgIpc) is 2.87. The van der Waals surface area contributed by atoms with Crippen molar-refractivity contribution in [1.29, 1.82) is 0 Å². The van der Waals surface area contributed by atoms with Gasteiger partial charge in [-0.15, -0.1) is 0 Å². The monoisotopic (exact) mass is 431 g/mol. The van der Waals surface area contributed by atoms with Gasteiger partial charge in [0.15, 0.2) is 5.41 Å². The number of carbonyl (C=O) groups excluding carboxylic acids is 1. The fraction of sp³-hybridized carbons (Fsp3) is 0.286. The second-order valence-corrected chi connectivity index (χ2v) is 6.27. The minimum Gasteiger partial charge on any atom is -0.480 e. The number of nitrogens with zero attached hydrogens (tertiary/aromatic N) is 1. The van der Waals surface area contributed by atoms with Crippen LogP contribution in [0.4, 0.5) is 0 Å². The third kappa shape index (κ3) is 3.28. The summed E-state index contributed by atoms with van der Waals surface area (Å²) in [5.74, 6) is -3.51. The molecular weight excluding hydrogens is 417 g/mol. The second-order valence-electron chi connectivity index (χ2n) is 5.11. The van der Waals surface area contributed by atoms with Crippen LogP contribution >= 0.6 is 22.6 Å². The minimum atomic E-state index is -2.15. The molecule has 23 heavy (non-hydrogen) atoms. The number of rotatable bonds is 6. The van der Waals surface area contributed by atoms with Crippen LogP contribution in [0.25, 0.3) is 11.0 Å². The first kappa shape index (κ1) is 17.2. The van der Waals surface area contributed by atoms with E-state index in [4.69, 9.17) is 0 Å². The number of carboxylic acids is 2. The lowest BCUT2D eigenvalue weighted by molar-refractivity contribution is -0.164. The fourth-order valence-corrected chi connectivity index (χ4v) is 3.04. The number of amides is 1. The van der Waals surface area contributed by atoms with Crippen molar-refractivity contribution >= 4 is 51.5 Å². The van der Waals surface area contributed by atoms with Crippen LogP contribution in [0.3, 0.4) is 0 Å². The largest absolute Gasteiger partial charge is 0.480 e. The highest BCUT2D eigenvalue weighted by atomic mass is 127. The molecule has 0 saturated heterocycles. The van der Waals surface area contributed by atoms with Gasteiger partial charge in [0, 0.05) is 41.2 Å². The topological polar surface area (TPSA) is 132 Å². The lowest BCUT2D eigenvalue weighted by Crippen LogP contribution is -2.49. The predicted molar refractivity (Wildman–Crippen MR) is 88.9 cm³/mol. The highest BCUT2D eigenvalue weighted by molar-refractivity contribution is 14.1. The van der Waals surface area contributed by atoms with Gasteiger partial charge in [0.1, 0.15) is 5.65 Å². The molecule has 2 heterocycles. The van der Waals surface area contributed by atoms with Gasteiger partial charge < -0.3 is 20.5 Å². The molecule has 2 rings (SSSR count). The zero-order valence-electron chi connectivity index (χ0n) is 12.1. The van der Waals surface area contributed by atoms with Crippen molar-refractivity contribution in [2.24, 2.45) is 5.41 Å². The smallest absolute Gasteiger partial charge is 0.323 e. The van der Waals surface area contributed by atoms with Crippen molar-refractivity contribution in [3.8, 4) is 0 Å². The Hall–Kier alpha value is -2.17. The van der Waals surface area contributed by atoms with Gasteiger partial charge in [0.25, 0.3) is 0 Å². The summed E-state index contributed by atoms with van der Waals surface area (Å²) in [5, 5.41) is 22.0. The second kappa shape index (κ2) is 6.52. The zero-order chi connectivity index (χ0) is 17.2. The van der Waals surface area contributed by atoms with Gasteiger partial charge in [0.05, 0.1) is 0 Å². The molecule has 2 aromatic rings. The summed E-state index contributed by atoms with van der Waals surface area (Å²) in [6.45, 7) is 0.698. The van der Waals surface area contributed by atoms with Gasteiger partial charge in [0.2, 0.25) is 5.91 Å². The van der Waals surface area contributed by atoms with Crippen molar-refractivity contribution in [3.05, 3.63) is 27.6 Å². The van der Waals surface area contributed by atoms with Crippen LogP contribution in [0.15, 0.2) is 18.5 Å². The van der Waals surface area contributed by atoms with Crippen LogP contribution in [-0.4, -0.2) is 44.6 Å². The third-order valence-corrected chi connectivity index (χ3v) is 4.45. The highest BCUT2D eigenvalue weighted by Crippen LogP contribution is 2.30. The van der Waals surface area contributed by atoms with Crippen molar-refractivity contribution in [3.63, 3.8) is 0 Å². The van der Waals surface area contributed by atoms with Crippen LogP contribution < -0.4 is 5.32 Å². The Morgan fingerprint density at radius 2 is 2.00 bits per heavy atom. The Balaban J connectivity index is 2.49. The SMILES string of the molecule is CC(=O)NCC(Cc1c[nH]c2nccc(I)c12)(C(=O)O)C(=O)O. The third-order valence-electron chi connectivity index (χ3n) is 3.55. The van der Waals surface area contributed by atoms with Gasteiger partial charge in [-0.2, -0.15) is 0 Å². The Kier molecular flexibility index (Phi) is 4.88. The molecule has 9 heteroatoms. The maximum atomic E-state index is 11.7. The average molecular weight is 431 g/mol. The molecule has 0 spiro atoms. The van der Waals surface area contributed by atoms with Gasteiger partial charge in [-0.1, -0.05) is 0 Å². The van der Waals surface area contributed by atoms with Crippen LogP contribution in [-0.2, 0) is 20.8 Å². The Labute approximate surface area is 144 Å².